The fourth-order valence-corrected chi connectivity index (χ4v) is 1.67. The van der Waals surface area contributed by atoms with Gasteiger partial charge < -0.3 is 5.11 Å². The summed E-state index contributed by atoms with van der Waals surface area (Å²) < 4.78 is 153. The van der Waals surface area contributed by atoms with Crippen LogP contribution in [-0.4, -0.2) is 47.6 Å². The molecule has 2 nitrogen and oxygen atoms in total. The number of halogens is 12. The van der Waals surface area contributed by atoms with Gasteiger partial charge in [-0.1, -0.05) is 0 Å². The van der Waals surface area contributed by atoms with Gasteiger partial charge in [-0.05, 0) is 6.92 Å². The van der Waals surface area contributed by atoms with Gasteiger partial charge in [0, 0.05) is 11.1 Å². The Balaban J connectivity index is 7.24. The van der Waals surface area contributed by atoms with E-state index >= 15 is 0 Å². The van der Waals surface area contributed by atoms with Gasteiger partial charge >= 0.3 is 18.3 Å². The first-order valence-corrected chi connectivity index (χ1v) is 5.39. The number of rotatable bonds is 5. The molecule has 2 atom stereocenters. The fraction of sp³-hybridized carbons (Fsp3) is 0.700. The van der Waals surface area contributed by atoms with Crippen LogP contribution in [0, 0.1) is 0 Å². The molecular formula is C10H6F12O2. The molecule has 0 heterocycles. The summed E-state index contributed by atoms with van der Waals surface area (Å²) in [6, 6.07) is 0. The third-order valence-electron chi connectivity index (χ3n) is 2.85. The van der Waals surface area contributed by atoms with Gasteiger partial charge in [0.05, 0.1) is 0 Å². The van der Waals surface area contributed by atoms with Crippen LogP contribution < -0.4 is 0 Å². The zero-order valence-electron chi connectivity index (χ0n) is 11.0. The van der Waals surface area contributed by atoms with Gasteiger partial charge in [0.15, 0.2) is 0 Å². The highest BCUT2D eigenvalue weighted by Crippen LogP contribution is 2.56. The van der Waals surface area contributed by atoms with E-state index in [2.05, 4.69) is 0 Å². The number of carbonyl (C=O) groups is 1. The van der Waals surface area contributed by atoms with Gasteiger partial charge in [-0.3, -0.25) is 0 Å². The SMILES string of the molecule is CC(C(=O)O)=C(C(F)(C(F)F)C(F)(F)F)C(F)(C(F)F)C(F)(F)F. The molecule has 0 amide bonds. The Bertz CT molecular complexity index is 485. The van der Waals surface area contributed by atoms with Crippen molar-refractivity contribution in [2.24, 2.45) is 0 Å². The van der Waals surface area contributed by atoms with Crippen LogP contribution in [0.1, 0.15) is 6.92 Å². The number of hydrogen-bond acceptors (Lipinski definition) is 1. The minimum absolute atomic E-state index is 0.345. The van der Waals surface area contributed by atoms with Gasteiger partial charge in [-0.2, -0.15) is 26.3 Å². The van der Waals surface area contributed by atoms with Crippen molar-refractivity contribution in [1.82, 2.24) is 0 Å². The Morgan fingerprint density at radius 3 is 1.12 bits per heavy atom. The smallest absolute Gasteiger partial charge is 0.432 e. The van der Waals surface area contributed by atoms with Crippen LogP contribution >= 0.6 is 0 Å². The van der Waals surface area contributed by atoms with E-state index in [1.54, 1.807) is 0 Å². The average Bonchev–Trinajstić information content (AvgIpc) is 2.34. The molecule has 142 valence electrons. The molecule has 1 N–H and O–H groups in total. The Hall–Kier alpha value is -1.63. The van der Waals surface area contributed by atoms with E-state index in [4.69, 9.17) is 5.11 Å². The molecule has 0 aliphatic rings. The molecule has 0 aromatic heterocycles. The number of carboxylic acid groups (broad SMARTS) is 1. The third-order valence-corrected chi connectivity index (χ3v) is 2.85. The Morgan fingerprint density at radius 2 is 1.00 bits per heavy atom. The maximum absolute atomic E-state index is 13.8. The molecule has 24 heavy (non-hydrogen) atoms. The summed E-state index contributed by atoms with van der Waals surface area (Å²) in [4.78, 5) is 10.5. The van der Waals surface area contributed by atoms with Crippen LogP contribution in [0.25, 0.3) is 0 Å². The minimum atomic E-state index is -7.04. The molecule has 0 spiro atoms. The van der Waals surface area contributed by atoms with Crippen LogP contribution in [0.3, 0.4) is 0 Å². The number of hydrogen-bond donors (Lipinski definition) is 1. The zero-order chi connectivity index (χ0) is 19.9. The second-order valence-electron chi connectivity index (χ2n) is 4.33. The van der Waals surface area contributed by atoms with Crippen molar-refractivity contribution in [3.05, 3.63) is 11.1 Å². The molecule has 0 aliphatic carbocycles. The van der Waals surface area contributed by atoms with Crippen LogP contribution in [-0.2, 0) is 4.79 Å². The summed E-state index contributed by atoms with van der Waals surface area (Å²) in [5.41, 5.74) is -19.9. The first-order valence-electron chi connectivity index (χ1n) is 5.39. The van der Waals surface area contributed by atoms with Gasteiger partial charge in [0.25, 0.3) is 24.2 Å². The normalized spacial score (nSPS) is 18.3. The molecule has 0 saturated heterocycles. The summed E-state index contributed by atoms with van der Waals surface area (Å²) in [7, 11) is 0. The van der Waals surface area contributed by atoms with E-state index in [9.17, 15) is 57.5 Å². The van der Waals surface area contributed by atoms with Crippen molar-refractivity contribution in [2.75, 3.05) is 0 Å². The lowest BCUT2D eigenvalue weighted by Crippen LogP contribution is -2.61. The zero-order valence-corrected chi connectivity index (χ0v) is 11.0. The van der Waals surface area contributed by atoms with E-state index in [1.165, 1.54) is 0 Å². The van der Waals surface area contributed by atoms with Crippen LogP contribution in [0.15, 0.2) is 11.1 Å². The first kappa shape index (κ1) is 22.4. The predicted octanol–water partition coefficient (Wildman–Crippen LogP) is 4.46. The number of alkyl halides is 12. The molecule has 0 aromatic rings. The van der Waals surface area contributed by atoms with Gasteiger partial charge in [0.2, 0.25) is 0 Å². The molecular weight excluding hydrogens is 380 g/mol. The molecule has 0 rings (SSSR count). The summed E-state index contributed by atoms with van der Waals surface area (Å²) in [6.07, 6.45) is -25.1. The van der Waals surface area contributed by atoms with Crippen LogP contribution in [0.4, 0.5) is 52.7 Å². The maximum Gasteiger partial charge on any atom is 0.432 e. The van der Waals surface area contributed by atoms with E-state index < -0.39 is 53.7 Å². The Kier molecular flexibility index (Phi) is 5.92. The van der Waals surface area contributed by atoms with Crippen LogP contribution in [0.5, 0.6) is 0 Å². The summed E-state index contributed by atoms with van der Waals surface area (Å²) in [5.74, 6) is -2.94. The highest BCUT2D eigenvalue weighted by molar-refractivity contribution is 5.88. The second kappa shape index (κ2) is 6.35. The number of allylic oxidation sites excluding steroid dienone is 1. The summed E-state index contributed by atoms with van der Waals surface area (Å²) >= 11 is 0. The van der Waals surface area contributed by atoms with Crippen molar-refractivity contribution in [3.63, 3.8) is 0 Å². The van der Waals surface area contributed by atoms with Crippen molar-refractivity contribution in [3.8, 4) is 0 Å². The van der Waals surface area contributed by atoms with E-state index in [-0.39, 0.29) is 6.92 Å². The monoisotopic (exact) mass is 386 g/mol. The number of aliphatic carboxylic acids is 1. The molecule has 0 aliphatic heterocycles. The highest BCUT2D eigenvalue weighted by Gasteiger charge is 2.77. The topological polar surface area (TPSA) is 37.3 Å². The van der Waals surface area contributed by atoms with E-state index in [1.807, 2.05) is 0 Å². The largest absolute Gasteiger partial charge is 0.478 e. The van der Waals surface area contributed by atoms with Gasteiger partial charge in [-0.15, -0.1) is 0 Å². The third kappa shape index (κ3) is 3.27. The quantitative estimate of drug-likeness (QED) is 0.560. The lowest BCUT2D eigenvalue weighted by atomic mass is 9.79. The first-order chi connectivity index (χ1) is 10.4. The van der Waals surface area contributed by atoms with E-state index in [0.29, 0.717) is 0 Å². The van der Waals surface area contributed by atoms with Gasteiger partial charge in [-0.25, -0.2) is 31.1 Å². The van der Waals surface area contributed by atoms with Crippen molar-refractivity contribution < 1.29 is 62.6 Å². The molecule has 14 heteroatoms. The van der Waals surface area contributed by atoms with Crippen molar-refractivity contribution >= 4 is 5.97 Å². The molecule has 0 bridgehead atoms. The fourth-order valence-electron chi connectivity index (χ4n) is 1.67. The average molecular weight is 386 g/mol. The summed E-state index contributed by atoms with van der Waals surface area (Å²) in [5, 5.41) is 8.36. The molecule has 0 saturated carbocycles. The predicted molar refractivity (Wildman–Crippen MR) is 52.1 cm³/mol. The lowest BCUT2D eigenvalue weighted by molar-refractivity contribution is -0.290. The Labute approximate surface area is 124 Å². The van der Waals surface area contributed by atoms with Crippen molar-refractivity contribution in [1.29, 1.82) is 0 Å². The van der Waals surface area contributed by atoms with Crippen molar-refractivity contribution in [2.45, 2.75) is 43.5 Å². The molecule has 0 radical (unpaired) electrons. The van der Waals surface area contributed by atoms with E-state index in [0.717, 1.165) is 0 Å². The van der Waals surface area contributed by atoms with Crippen LogP contribution in [0.2, 0.25) is 0 Å². The highest BCUT2D eigenvalue weighted by atomic mass is 19.4. The van der Waals surface area contributed by atoms with Gasteiger partial charge in [0.1, 0.15) is 0 Å². The standard InChI is InChI=1S/C10H6F12O2/c1-2(4(23)24)3(7(15,5(11)12)9(17,18)19)8(16,6(13)14)10(20,21)22/h5-6H,1H3,(H,23,24). The molecule has 0 fully saturated rings. The second-order valence-corrected chi connectivity index (χ2v) is 4.33. The number of carboxylic acids is 1. The maximum atomic E-state index is 13.8. The minimum Gasteiger partial charge on any atom is -0.478 e. The molecule has 0 aromatic carbocycles. The Morgan fingerprint density at radius 1 is 0.750 bits per heavy atom. The molecule has 2 unspecified atom stereocenters. The summed E-state index contributed by atoms with van der Waals surface area (Å²) in [6.45, 7) is -0.345. The lowest BCUT2D eigenvalue weighted by Gasteiger charge is -2.38.